The first-order valence-electron chi connectivity index (χ1n) is 6.42. The maximum atomic E-state index is 10.9. The second-order valence-corrected chi connectivity index (χ2v) is 4.97. The van der Waals surface area contributed by atoms with Gasteiger partial charge in [-0.2, -0.15) is 0 Å². The van der Waals surface area contributed by atoms with Crippen molar-refractivity contribution in [3.05, 3.63) is 52.0 Å². The Bertz CT molecular complexity index is 653. The van der Waals surface area contributed by atoms with Crippen molar-refractivity contribution in [2.24, 2.45) is 0 Å². The lowest BCUT2D eigenvalue weighted by atomic mass is 10.1. The zero-order valence-electron chi connectivity index (χ0n) is 12.1. The monoisotopic (exact) mass is 274 g/mol. The number of ether oxygens (including phenoxy) is 1. The molecular formula is C16H18O4. The Morgan fingerprint density at radius 2 is 1.80 bits per heavy atom. The van der Waals surface area contributed by atoms with Crippen molar-refractivity contribution >= 4 is 5.97 Å². The lowest BCUT2D eigenvalue weighted by molar-refractivity contribution is 0.0657. The normalized spacial score (nSPS) is 10.6. The summed E-state index contributed by atoms with van der Waals surface area (Å²) >= 11 is 0. The van der Waals surface area contributed by atoms with E-state index in [0.29, 0.717) is 11.3 Å². The van der Waals surface area contributed by atoms with Crippen molar-refractivity contribution in [3.8, 4) is 5.75 Å². The number of hydrogen-bond acceptors (Lipinski definition) is 3. The van der Waals surface area contributed by atoms with E-state index in [9.17, 15) is 4.79 Å². The van der Waals surface area contributed by atoms with Gasteiger partial charge in [-0.15, -0.1) is 0 Å². The zero-order valence-corrected chi connectivity index (χ0v) is 12.1. The summed E-state index contributed by atoms with van der Waals surface area (Å²) in [5, 5.41) is 8.95. The Kier molecular flexibility index (Phi) is 3.84. The van der Waals surface area contributed by atoms with Crippen molar-refractivity contribution in [1.82, 2.24) is 0 Å². The third kappa shape index (κ3) is 2.69. The molecule has 0 unspecified atom stereocenters. The maximum absolute atomic E-state index is 10.9. The quantitative estimate of drug-likeness (QED) is 0.921. The molecule has 0 atom stereocenters. The van der Waals surface area contributed by atoms with E-state index >= 15 is 0 Å². The summed E-state index contributed by atoms with van der Waals surface area (Å²) in [6.07, 6.45) is 0. The molecule has 1 heterocycles. The number of benzene rings is 1. The van der Waals surface area contributed by atoms with Gasteiger partial charge in [0.1, 0.15) is 18.1 Å². The van der Waals surface area contributed by atoms with Gasteiger partial charge < -0.3 is 14.3 Å². The fraction of sp³-hybridized carbons (Fsp3) is 0.312. The highest BCUT2D eigenvalue weighted by Crippen LogP contribution is 2.27. The molecule has 106 valence electrons. The highest BCUT2D eigenvalue weighted by Gasteiger charge is 2.15. The van der Waals surface area contributed by atoms with Crippen molar-refractivity contribution in [3.63, 3.8) is 0 Å². The summed E-state index contributed by atoms with van der Waals surface area (Å²) < 4.78 is 11.1. The topological polar surface area (TPSA) is 59.7 Å². The van der Waals surface area contributed by atoms with E-state index in [1.165, 1.54) is 0 Å². The molecule has 0 aliphatic rings. The van der Waals surface area contributed by atoms with Gasteiger partial charge in [-0.1, -0.05) is 12.1 Å². The first kappa shape index (κ1) is 14.2. The smallest absolute Gasteiger partial charge is 0.372 e. The number of carboxylic acid groups (broad SMARTS) is 1. The predicted molar refractivity (Wildman–Crippen MR) is 75.4 cm³/mol. The second-order valence-electron chi connectivity index (χ2n) is 4.97. The average Bonchev–Trinajstić information content (AvgIpc) is 2.75. The van der Waals surface area contributed by atoms with Gasteiger partial charge in [0, 0.05) is 5.56 Å². The summed E-state index contributed by atoms with van der Waals surface area (Å²) in [4.78, 5) is 10.9. The van der Waals surface area contributed by atoms with Crippen LogP contribution in [0.1, 0.15) is 38.6 Å². The van der Waals surface area contributed by atoms with Crippen molar-refractivity contribution < 1.29 is 19.1 Å². The SMILES string of the molecule is Cc1cc(COc2c(C)ccc(C)c2C)oc1C(=O)O. The van der Waals surface area contributed by atoms with Crippen molar-refractivity contribution in [2.75, 3.05) is 0 Å². The molecule has 1 aromatic heterocycles. The molecule has 4 heteroatoms. The van der Waals surface area contributed by atoms with Crippen LogP contribution in [0.5, 0.6) is 5.75 Å². The lowest BCUT2D eigenvalue weighted by Crippen LogP contribution is -1.99. The Balaban J connectivity index is 2.19. The number of carbonyl (C=O) groups is 1. The van der Waals surface area contributed by atoms with Gasteiger partial charge in [0.25, 0.3) is 0 Å². The standard InChI is InChI=1S/C16H18O4/c1-9-5-6-10(2)14(12(9)4)19-8-13-7-11(3)15(20-13)16(17)18/h5-7H,8H2,1-4H3,(H,17,18). The molecule has 0 saturated heterocycles. The minimum Gasteiger partial charge on any atom is -0.485 e. The van der Waals surface area contributed by atoms with E-state index in [0.717, 1.165) is 22.4 Å². The van der Waals surface area contributed by atoms with Gasteiger partial charge in [0.2, 0.25) is 5.76 Å². The van der Waals surface area contributed by atoms with Gasteiger partial charge in [-0.25, -0.2) is 4.79 Å². The van der Waals surface area contributed by atoms with Crippen LogP contribution >= 0.6 is 0 Å². The van der Waals surface area contributed by atoms with Crippen LogP contribution in [0.25, 0.3) is 0 Å². The van der Waals surface area contributed by atoms with Crippen LogP contribution in [0.3, 0.4) is 0 Å². The van der Waals surface area contributed by atoms with Gasteiger partial charge in [0.15, 0.2) is 0 Å². The molecule has 0 bridgehead atoms. The van der Waals surface area contributed by atoms with E-state index < -0.39 is 5.97 Å². The fourth-order valence-corrected chi connectivity index (χ4v) is 2.12. The molecule has 2 aromatic rings. The van der Waals surface area contributed by atoms with Crippen LogP contribution in [0, 0.1) is 27.7 Å². The first-order valence-corrected chi connectivity index (χ1v) is 6.42. The van der Waals surface area contributed by atoms with Gasteiger partial charge in [-0.05, 0) is 50.5 Å². The summed E-state index contributed by atoms with van der Waals surface area (Å²) in [7, 11) is 0. The number of aryl methyl sites for hydroxylation is 3. The molecule has 2 rings (SSSR count). The van der Waals surface area contributed by atoms with E-state index in [1.54, 1.807) is 13.0 Å². The van der Waals surface area contributed by atoms with E-state index in [1.807, 2.05) is 26.8 Å². The molecule has 0 amide bonds. The summed E-state index contributed by atoms with van der Waals surface area (Å²) in [6.45, 7) is 7.95. The molecular weight excluding hydrogens is 256 g/mol. The molecule has 4 nitrogen and oxygen atoms in total. The predicted octanol–water partition coefficient (Wildman–Crippen LogP) is 3.79. The highest BCUT2D eigenvalue weighted by atomic mass is 16.5. The molecule has 0 aliphatic heterocycles. The largest absolute Gasteiger partial charge is 0.485 e. The van der Waals surface area contributed by atoms with E-state index in [-0.39, 0.29) is 12.4 Å². The number of furan rings is 1. The minimum atomic E-state index is -1.06. The van der Waals surface area contributed by atoms with Gasteiger partial charge in [0.05, 0.1) is 0 Å². The Hall–Kier alpha value is -2.23. The van der Waals surface area contributed by atoms with Crippen LogP contribution in [0.2, 0.25) is 0 Å². The van der Waals surface area contributed by atoms with E-state index in [4.69, 9.17) is 14.3 Å². The number of aromatic carboxylic acids is 1. The third-order valence-electron chi connectivity index (χ3n) is 3.40. The molecule has 0 radical (unpaired) electrons. The lowest BCUT2D eigenvalue weighted by Gasteiger charge is -2.12. The average molecular weight is 274 g/mol. The Labute approximate surface area is 118 Å². The van der Waals surface area contributed by atoms with Crippen LogP contribution in [-0.2, 0) is 6.61 Å². The molecule has 0 saturated carbocycles. The molecule has 1 aromatic carbocycles. The molecule has 1 N–H and O–H groups in total. The Morgan fingerprint density at radius 3 is 2.40 bits per heavy atom. The van der Waals surface area contributed by atoms with E-state index in [2.05, 4.69) is 6.07 Å². The highest BCUT2D eigenvalue weighted by molar-refractivity contribution is 5.86. The van der Waals surface area contributed by atoms with Crippen molar-refractivity contribution in [1.29, 1.82) is 0 Å². The van der Waals surface area contributed by atoms with Crippen molar-refractivity contribution in [2.45, 2.75) is 34.3 Å². The molecule has 20 heavy (non-hydrogen) atoms. The minimum absolute atomic E-state index is 0.0266. The molecule has 0 aliphatic carbocycles. The summed E-state index contributed by atoms with van der Waals surface area (Å²) in [6, 6.07) is 5.76. The zero-order chi connectivity index (χ0) is 14.9. The van der Waals surface area contributed by atoms with Gasteiger partial charge in [-0.3, -0.25) is 0 Å². The molecule has 0 fully saturated rings. The van der Waals surface area contributed by atoms with Crippen LogP contribution in [0.15, 0.2) is 22.6 Å². The maximum Gasteiger partial charge on any atom is 0.372 e. The summed E-state index contributed by atoms with van der Waals surface area (Å²) in [5.41, 5.74) is 3.91. The number of carboxylic acids is 1. The number of hydrogen-bond donors (Lipinski definition) is 1. The second kappa shape index (κ2) is 5.41. The van der Waals surface area contributed by atoms with Crippen LogP contribution in [-0.4, -0.2) is 11.1 Å². The van der Waals surface area contributed by atoms with Crippen LogP contribution < -0.4 is 4.74 Å². The van der Waals surface area contributed by atoms with Gasteiger partial charge >= 0.3 is 5.97 Å². The third-order valence-corrected chi connectivity index (χ3v) is 3.40. The molecule has 0 spiro atoms. The summed E-state index contributed by atoms with van der Waals surface area (Å²) in [5.74, 6) is 0.258. The first-order chi connectivity index (χ1) is 9.40. The Morgan fingerprint density at radius 1 is 1.15 bits per heavy atom. The number of rotatable bonds is 4. The van der Waals surface area contributed by atoms with Crippen LogP contribution in [0.4, 0.5) is 0 Å². The fourth-order valence-electron chi connectivity index (χ4n) is 2.12.